The van der Waals surface area contributed by atoms with Crippen LogP contribution in [0.15, 0.2) is 43.0 Å². The van der Waals surface area contributed by atoms with Gasteiger partial charge in [-0.3, -0.25) is 9.20 Å². The van der Waals surface area contributed by atoms with Gasteiger partial charge in [0.05, 0.1) is 30.2 Å². The van der Waals surface area contributed by atoms with Gasteiger partial charge in [0.15, 0.2) is 5.88 Å². The zero-order chi connectivity index (χ0) is 28.7. The van der Waals surface area contributed by atoms with Crippen LogP contribution in [0.3, 0.4) is 0 Å². The lowest BCUT2D eigenvalue weighted by atomic mass is 9.97. The van der Waals surface area contributed by atoms with Gasteiger partial charge < -0.3 is 19.9 Å². The summed E-state index contributed by atoms with van der Waals surface area (Å²) in [4.78, 5) is 30.1. The molecule has 0 radical (unpaired) electrons. The second kappa shape index (κ2) is 9.38. The number of aromatic nitrogens is 7. The molecular weight excluding hydrogens is 530 g/mol. The van der Waals surface area contributed by atoms with Crippen molar-refractivity contribution in [3.05, 3.63) is 59.9 Å². The van der Waals surface area contributed by atoms with Crippen molar-refractivity contribution < 1.29 is 9.53 Å². The fraction of sp³-hybridized carbons (Fsp3) is 0.452. The minimum Gasteiger partial charge on any atom is -0.482 e. The molecule has 8 rings (SSSR count). The topological polar surface area (TPSA) is 121 Å². The Bertz CT molecular complexity index is 1830. The number of hydrogen-bond acceptors (Lipinski definition) is 7. The van der Waals surface area contributed by atoms with Crippen molar-refractivity contribution in [1.29, 1.82) is 0 Å². The number of rotatable bonds is 7. The predicted octanol–water partition coefficient (Wildman–Crippen LogP) is 3.98. The van der Waals surface area contributed by atoms with Crippen molar-refractivity contribution >= 4 is 22.6 Å². The van der Waals surface area contributed by atoms with Crippen LogP contribution in [-0.4, -0.2) is 69.7 Å². The van der Waals surface area contributed by atoms with E-state index >= 15 is 0 Å². The number of carbonyl (C=O) groups is 1. The summed E-state index contributed by atoms with van der Waals surface area (Å²) < 4.78 is 12.0. The fourth-order valence-corrected chi connectivity index (χ4v) is 7.16. The summed E-state index contributed by atoms with van der Waals surface area (Å²) in [5.74, 6) is 1.24. The van der Waals surface area contributed by atoms with Gasteiger partial charge in [0, 0.05) is 41.7 Å². The summed E-state index contributed by atoms with van der Waals surface area (Å²) in [6.45, 7) is 5.03. The standard InChI is InChI=1S/C31H35N9O2/c1-17(38-16-33-15-34-38)24-8-6-20-10-26(37(30(20)35-24)14-19-4-5-19)29-18(2)39-27(36-29)11-21(12-28(39)42-3)31(41)40-22-7-9-25(40)23(32)13-22/h6,8,10-12,15-17,19,22-23,25H,4-5,7,9,13-14,32H2,1-3H3/t17?,22-,23+,25+/m0/s1. The summed E-state index contributed by atoms with van der Waals surface area (Å²) in [5.41, 5.74) is 12.4. The predicted molar refractivity (Wildman–Crippen MR) is 157 cm³/mol. The molecule has 216 valence electrons. The van der Waals surface area contributed by atoms with Crippen LogP contribution in [0.1, 0.15) is 66.8 Å². The molecule has 5 aromatic rings. The molecule has 1 amide bonds. The number of fused-ring (bicyclic) bond motifs is 4. The summed E-state index contributed by atoms with van der Waals surface area (Å²) in [7, 11) is 1.64. The molecule has 0 aromatic carbocycles. The van der Waals surface area contributed by atoms with E-state index in [0.717, 1.165) is 59.6 Å². The van der Waals surface area contributed by atoms with Crippen molar-refractivity contribution in [3.63, 3.8) is 0 Å². The van der Waals surface area contributed by atoms with Crippen molar-refractivity contribution in [2.45, 2.75) is 76.7 Å². The number of amides is 1. The normalized spacial score (nSPS) is 22.5. The van der Waals surface area contributed by atoms with E-state index in [0.29, 0.717) is 23.0 Å². The van der Waals surface area contributed by atoms with Gasteiger partial charge in [-0.15, -0.1) is 0 Å². The molecule has 1 saturated carbocycles. The summed E-state index contributed by atoms with van der Waals surface area (Å²) in [5, 5.41) is 5.39. The van der Waals surface area contributed by atoms with E-state index in [1.54, 1.807) is 19.8 Å². The number of carbonyl (C=O) groups excluding carboxylic acids is 1. The van der Waals surface area contributed by atoms with Gasteiger partial charge in [0.2, 0.25) is 0 Å². The van der Waals surface area contributed by atoms with E-state index in [1.165, 1.54) is 12.8 Å². The first kappa shape index (κ1) is 25.5. The molecule has 11 nitrogen and oxygen atoms in total. The van der Waals surface area contributed by atoms with E-state index in [2.05, 4.69) is 46.7 Å². The maximum atomic E-state index is 13.8. The zero-order valence-corrected chi connectivity index (χ0v) is 24.1. The Labute approximate surface area is 243 Å². The second-order valence-corrected chi connectivity index (χ2v) is 12.2. The highest BCUT2D eigenvalue weighted by Gasteiger charge is 2.47. The Morgan fingerprint density at radius 1 is 1.14 bits per heavy atom. The lowest BCUT2D eigenvalue weighted by molar-refractivity contribution is 0.0726. The average molecular weight is 566 g/mol. The SMILES string of the molecule is COc1cc(C(=O)N2[C@H]3CC[C@@H]2[C@H](N)C3)cc2nc(-c3cc4ccc(C(C)n5cncn5)nc4n3CC3CC3)c(C)n12. The number of hydrogen-bond donors (Lipinski definition) is 1. The van der Waals surface area contributed by atoms with E-state index < -0.39 is 0 Å². The molecular formula is C31H35N9O2. The van der Waals surface area contributed by atoms with Crippen LogP contribution in [0.2, 0.25) is 0 Å². The smallest absolute Gasteiger partial charge is 0.254 e. The molecule has 7 heterocycles. The number of methoxy groups -OCH3 is 1. The quantitative estimate of drug-likeness (QED) is 0.317. The van der Waals surface area contributed by atoms with Gasteiger partial charge in [-0.1, -0.05) is 0 Å². The van der Waals surface area contributed by atoms with Gasteiger partial charge >= 0.3 is 0 Å². The largest absolute Gasteiger partial charge is 0.482 e. The lowest BCUT2D eigenvalue weighted by Gasteiger charge is -2.23. The van der Waals surface area contributed by atoms with Gasteiger partial charge in [-0.2, -0.15) is 5.10 Å². The van der Waals surface area contributed by atoms with Crippen molar-refractivity contribution in [2.75, 3.05) is 7.11 Å². The average Bonchev–Trinajstić information content (AvgIpc) is 3.41. The molecule has 2 saturated heterocycles. The summed E-state index contributed by atoms with van der Waals surface area (Å²) in [6, 6.07) is 10.5. The third-order valence-electron chi connectivity index (χ3n) is 9.60. The highest BCUT2D eigenvalue weighted by Crippen LogP contribution is 2.40. The fourth-order valence-electron chi connectivity index (χ4n) is 7.16. The maximum Gasteiger partial charge on any atom is 0.254 e. The first-order valence-corrected chi connectivity index (χ1v) is 14.9. The third kappa shape index (κ3) is 3.86. The Hall–Kier alpha value is -4.25. The van der Waals surface area contributed by atoms with Crippen molar-refractivity contribution in [2.24, 2.45) is 11.7 Å². The van der Waals surface area contributed by atoms with Gasteiger partial charge in [0.25, 0.3) is 5.91 Å². The van der Waals surface area contributed by atoms with E-state index in [9.17, 15) is 4.79 Å². The molecule has 42 heavy (non-hydrogen) atoms. The van der Waals surface area contributed by atoms with E-state index in [1.807, 2.05) is 26.1 Å². The first-order valence-electron chi connectivity index (χ1n) is 14.9. The molecule has 2 bridgehead atoms. The molecule has 5 aromatic heterocycles. The van der Waals surface area contributed by atoms with Gasteiger partial charge in [0.1, 0.15) is 29.6 Å². The molecule has 4 atom stereocenters. The Kier molecular flexibility index (Phi) is 5.69. The van der Waals surface area contributed by atoms with Crippen molar-refractivity contribution in [3.8, 4) is 17.3 Å². The molecule has 11 heteroatoms. The number of nitrogens with two attached hydrogens (primary N) is 1. The number of imidazole rings is 1. The van der Waals surface area contributed by atoms with Crippen LogP contribution < -0.4 is 10.5 Å². The molecule has 2 aliphatic heterocycles. The third-order valence-corrected chi connectivity index (χ3v) is 9.60. The van der Waals surface area contributed by atoms with Crippen LogP contribution in [0.5, 0.6) is 5.88 Å². The maximum absolute atomic E-state index is 13.8. The second-order valence-electron chi connectivity index (χ2n) is 12.2. The summed E-state index contributed by atoms with van der Waals surface area (Å²) >= 11 is 0. The van der Waals surface area contributed by atoms with Crippen LogP contribution in [0.4, 0.5) is 0 Å². The molecule has 2 N–H and O–H groups in total. The molecule has 1 unspecified atom stereocenters. The Morgan fingerprint density at radius 2 is 2.00 bits per heavy atom. The van der Waals surface area contributed by atoms with Crippen LogP contribution >= 0.6 is 0 Å². The molecule has 1 aliphatic carbocycles. The number of pyridine rings is 2. The van der Waals surface area contributed by atoms with E-state index in [4.69, 9.17) is 20.4 Å². The molecule has 3 aliphatic rings. The lowest BCUT2D eigenvalue weighted by Crippen LogP contribution is -2.40. The van der Waals surface area contributed by atoms with Crippen LogP contribution in [-0.2, 0) is 6.54 Å². The van der Waals surface area contributed by atoms with Gasteiger partial charge in [-0.05, 0) is 76.1 Å². The first-order chi connectivity index (χ1) is 20.4. The highest BCUT2D eigenvalue weighted by atomic mass is 16.5. The van der Waals surface area contributed by atoms with E-state index in [-0.39, 0.29) is 30.1 Å². The number of nitrogens with zero attached hydrogens (tertiary/aromatic N) is 8. The Morgan fingerprint density at radius 3 is 2.69 bits per heavy atom. The van der Waals surface area contributed by atoms with Crippen molar-refractivity contribution in [1.82, 2.24) is 38.6 Å². The minimum absolute atomic E-state index is 0.0135. The molecule has 3 fully saturated rings. The summed E-state index contributed by atoms with van der Waals surface area (Å²) in [6.07, 6.45) is 8.59. The monoisotopic (exact) mass is 565 g/mol. The minimum atomic E-state index is -0.0397. The zero-order valence-electron chi connectivity index (χ0n) is 24.1. The van der Waals surface area contributed by atoms with Crippen LogP contribution in [0.25, 0.3) is 28.1 Å². The molecule has 0 spiro atoms. The number of aryl methyl sites for hydroxylation is 1. The highest BCUT2D eigenvalue weighted by molar-refractivity contribution is 5.96. The Balaban J connectivity index is 1.24. The van der Waals surface area contributed by atoms with Gasteiger partial charge in [-0.25, -0.2) is 19.6 Å². The number of ether oxygens (including phenoxy) is 1. The van der Waals surface area contributed by atoms with Crippen LogP contribution in [0, 0.1) is 12.8 Å².